The Balaban J connectivity index is 2.84. The number of carbonyl (C=O) groups is 5. The van der Waals surface area contributed by atoms with Gasteiger partial charge in [-0.2, -0.15) is 0 Å². The molecule has 0 unspecified atom stereocenters. The van der Waals surface area contributed by atoms with Gasteiger partial charge in [0.15, 0.2) is 0 Å². The minimum Gasteiger partial charge on any atom is -0.459 e. The molecule has 0 aliphatic carbocycles. The number of amides is 4. The summed E-state index contributed by atoms with van der Waals surface area (Å²) in [6, 6.07) is -3.40. The van der Waals surface area contributed by atoms with E-state index in [4.69, 9.17) is 16.2 Å². The van der Waals surface area contributed by atoms with Gasteiger partial charge >= 0.3 is 5.97 Å². The lowest BCUT2D eigenvalue weighted by atomic mass is 10.0. The number of nitrogens with zero attached hydrogens (tertiary/aromatic N) is 1. The minimum atomic E-state index is -1.35. The van der Waals surface area contributed by atoms with E-state index in [0.717, 1.165) is 0 Å². The number of aromatic nitrogens is 2. The van der Waals surface area contributed by atoms with E-state index in [0.29, 0.717) is 5.69 Å². The summed E-state index contributed by atoms with van der Waals surface area (Å²) in [4.78, 5) is 68.2. The van der Waals surface area contributed by atoms with Gasteiger partial charge < -0.3 is 37.1 Å². The molecule has 1 heterocycles. The zero-order valence-corrected chi connectivity index (χ0v) is 20.8. The van der Waals surface area contributed by atoms with Gasteiger partial charge in [0, 0.05) is 18.3 Å². The second-order valence-corrected chi connectivity index (χ2v) is 9.61. The predicted octanol–water partition coefficient (Wildman–Crippen LogP) is -1.37. The average molecular weight is 496 g/mol. The number of primary amides is 1. The van der Waals surface area contributed by atoms with E-state index in [1.54, 1.807) is 20.8 Å². The molecule has 4 amide bonds. The maximum Gasteiger partial charge on any atom is 0.325 e. The number of nitrogens with two attached hydrogens (primary N) is 2. The zero-order chi connectivity index (χ0) is 26.8. The fraction of sp³-hybridized carbons (Fsp3) is 0.636. The number of rotatable bonds is 13. The third-order valence-corrected chi connectivity index (χ3v) is 4.54. The smallest absolute Gasteiger partial charge is 0.325 e. The molecule has 3 atom stereocenters. The van der Waals surface area contributed by atoms with E-state index < -0.39 is 59.7 Å². The molecule has 0 aromatic carbocycles. The van der Waals surface area contributed by atoms with Crippen molar-refractivity contribution in [2.75, 3.05) is 6.54 Å². The number of hydrogen-bond acceptors (Lipinski definition) is 8. The highest BCUT2D eigenvalue weighted by atomic mass is 16.6. The average Bonchev–Trinajstić information content (AvgIpc) is 3.21. The molecule has 0 spiro atoms. The van der Waals surface area contributed by atoms with E-state index in [-0.39, 0.29) is 25.3 Å². The van der Waals surface area contributed by atoms with Crippen molar-refractivity contribution in [3.63, 3.8) is 0 Å². The normalized spacial score (nSPS) is 13.9. The van der Waals surface area contributed by atoms with Crippen molar-refractivity contribution in [2.45, 2.75) is 77.6 Å². The molecule has 0 radical (unpaired) electrons. The van der Waals surface area contributed by atoms with Crippen LogP contribution in [0.2, 0.25) is 0 Å². The molecule has 8 N–H and O–H groups in total. The van der Waals surface area contributed by atoms with Crippen LogP contribution in [0.5, 0.6) is 0 Å². The summed E-state index contributed by atoms with van der Waals surface area (Å²) in [5.74, 6) is -3.55. The Hall–Kier alpha value is -3.48. The lowest BCUT2D eigenvalue weighted by Gasteiger charge is -2.25. The molecule has 0 fully saturated rings. The number of nitrogens with one attached hydrogen (secondary N) is 4. The Morgan fingerprint density at radius 3 is 2.20 bits per heavy atom. The summed E-state index contributed by atoms with van der Waals surface area (Å²) >= 11 is 0. The first-order valence-corrected chi connectivity index (χ1v) is 11.3. The molecular weight excluding hydrogens is 458 g/mol. The Morgan fingerprint density at radius 2 is 1.69 bits per heavy atom. The lowest BCUT2D eigenvalue weighted by molar-refractivity contribution is -0.154. The summed E-state index contributed by atoms with van der Waals surface area (Å²) in [6.45, 7) is 8.40. The SMILES string of the molecule is CC(C)C[C@H](NC(=O)[C@H](CC(N)=O)NC(=O)[C@H](N)Cc1cnc[nH]1)C(=O)NCC(=O)OC(C)(C)C. The van der Waals surface area contributed by atoms with Crippen molar-refractivity contribution in [2.24, 2.45) is 17.4 Å². The molecule has 0 aliphatic heterocycles. The molecule has 1 aromatic rings. The molecule has 13 nitrogen and oxygen atoms in total. The van der Waals surface area contributed by atoms with Crippen molar-refractivity contribution in [1.29, 1.82) is 0 Å². The molecule has 196 valence electrons. The number of ether oxygens (including phenoxy) is 1. The molecule has 0 aliphatic rings. The van der Waals surface area contributed by atoms with E-state index in [9.17, 15) is 24.0 Å². The lowest BCUT2D eigenvalue weighted by Crippen LogP contribution is -2.57. The van der Waals surface area contributed by atoms with Crippen molar-refractivity contribution in [3.05, 3.63) is 18.2 Å². The molecule has 0 bridgehead atoms. The topological polar surface area (TPSA) is 211 Å². The van der Waals surface area contributed by atoms with Crippen molar-refractivity contribution in [1.82, 2.24) is 25.9 Å². The van der Waals surface area contributed by atoms with Crippen LogP contribution in [0.3, 0.4) is 0 Å². The predicted molar refractivity (Wildman–Crippen MR) is 126 cm³/mol. The largest absolute Gasteiger partial charge is 0.459 e. The summed E-state index contributed by atoms with van der Waals surface area (Å²) in [6.07, 6.45) is 2.81. The first-order valence-electron chi connectivity index (χ1n) is 11.3. The van der Waals surface area contributed by atoms with Gasteiger partial charge in [0.25, 0.3) is 0 Å². The Bertz CT molecular complexity index is 879. The minimum absolute atomic E-state index is 0.000384. The van der Waals surface area contributed by atoms with Crippen LogP contribution < -0.4 is 27.4 Å². The van der Waals surface area contributed by atoms with Gasteiger partial charge in [-0.1, -0.05) is 13.8 Å². The van der Waals surface area contributed by atoms with Crippen molar-refractivity contribution >= 4 is 29.6 Å². The second-order valence-electron chi connectivity index (χ2n) is 9.61. The van der Waals surface area contributed by atoms with E-state index in [1.165, 1.54) is 12.5 Å². The monoisotopic (exact) mass is 495 g/mol. The van der Waals surface area contributed by atoms with Gasteiger partial charge in [0.2, 0.25) is 23.6 Å². The first-order chi connectivity index (χ1) is 16.2. The number of H-pyrrole nitrogens is 1. The van der Waals surface area contributed by atoms with Crippen LogP contribution in [0.4, 0.5) is 0 Å². The number of aromatic amines is 1. The van der Waals surface area contributed by atoms with Crippen LogP contribution >= 0.6 is 0 Å². The number of carbonyl (C=O) groups excluding carboxylic acids is 5. The maximum absolute atomic E-state index is 12.9. The molecule has 0 saturated carbocycles. The highest BCUT2D eigenvalue weighted by molar-refractivity contribution is 5.96. The van der Waals surface area contributed by atoms with Crippen LogP contribution in [0.15, 0.2) is 12.5 Å². The van der Waals surface area contributed by atoms with Gasteiger partial charge in [0.05, 0.1) is 18.8 Å². The second kappa shape index (κ2) is 13.4. The Kier molecular flexibility index (Phi) is 11.3. The van der Waals surface area contributed by atoms with Crippen molar-refractivity contribution < 1.29 is 28.7 Å². The standard InChI is InChI=1S/C22H37N7O6/c1-12(2)6-15(20(33)26-10-18(31)35-22(3,4)5)29-21(34)16(8-17(24)30)28-19(32)14(23)7-13-9-25-11-27-13/h9,11-12,14-16H,6-8,10,23H2,1-5H3,(H2,24,30)(H,25,27)(H,26,33)(H,28,32)(H,29,34)/t14-,15+,16+/m1/s1. The molecular formula is C22H37N7O6. The molecule has 1 aromatic heterocycles. The van der Waals surface area contributed by atoms with E-state index >= 15 is 0 Å². The quantitative estimate of drug-likeness (QED) is 0.179. The van der Waals surface area contributed by atoms with Gasteiger partial charge in [0.1, 0.15) is 24.2 Å². The fourth-order valence-electron chi connectivity index (χ4n) is 3.05. The van der Waals surface area contributed by atoms with Gasteiger partial charge in [-0.25, -0.2) is 4.98 Å². The molecule has 35 heavy (non-hydrogen) atoms. The Morgan fingerprint density at radius 1 is 1.06 bits per heavy atom. The Labute approximate surface area is 204 Å². The van der Waals surface area contributed by atoms with Gasteiger partial charge in [-0.05, 0) is 33.1 Å². The first kappa shape index (κ1) is 29.6. The summed E-state index contributed by atoms with van der Waals surface area (Å²) in [7, 11) is 0. The highest BCUT2D eigenvalue weighted by Gasteiger charge is 2.30. The third-order valence-electron chi connectivity index (χ3n) is 4.54. The fourth-order valence-corrected chi connectivity index (χ4v) is 3.05. The summed E-state index contributed by atoms with van der Waals surface area (Å²) in [5, 5.41) is 7.39. The van der Waals surface area contributed by atoms with Crippen LogP contribution in [-0.4, -0.2) is 69.8 Å². The summed E-state index contributed by atoms with van der Waals surface area (Å²) in [5.41, 5.74) is 11.0. The number of imidazole rings is 1. The third kappa shape index (κ3) is 12.0. The van der Waals surface area contributed by atoms with Crippen LogP contribution in [0.25, 0.3) is 0 Å². The molecule has 1 rings (SSSR count). The maximum atomic E-state index is 12.9. The van der Waals surface area contributed by atoms with Crippen LogP contribution in [0.1, 0.15) is 53.2 Å². The number of esters is 1. The van der Waals surface area contributed by atoms with Crippen molar-refractivity contribution in [3.8, 4) is 0 Å². The highest BCUT2D eigenvalue weighted by Crippen LogP contribution is 2.08. The molecule has 0 saturated heterocycles. The molecule has 13 heteroatoms. The van der Waals surface area contributed by atoms with E-state index in [2.05, 4.69) is 25.9 Å². The summed E-state index contributed by atoms with van der Waals surface area (Å²) < 4.78 is 5.16. The van der Waals surface area contributed by atoms with Gasteiger partial charge in [-0.3, -0.25) is 24.0 Å². The van der Waals surface area contributed by atoms with Crippen LogP contribution in [0, 0.1) is 5.92 Å². The zero-order valence-electron chi connectivity index (χ0n) is 20.8. The van der Waals surface area contributed by atoms with Gasteiger partial charge in [-0.15, -0.1) is 0 Å². The number of hydrogen-bond donors (Lipinski definition) is 6. The van der Waals surface area contributed by atoms with Crippen LogP contribution in [-0.2, 0) is 35.1 Å². The van der Waals surface area contributed by atoms with E-state index in [1.807, 2.05) is 13.8 Å².